The minimum Gasteiger partial charge on any atom is -0.462 e. The summed E-state index contributed by atoms with van der Waals surface area (Å²) in [4.78, 5) is 38.3. The van der Waals surface area contributed by atoms with Crippen LogP contribution in [0.5, 0.6) is 0 Å². The van der Waals surface area contributed by atoms with Crippen LogP contribution in [0.1, 0.15) is 362 Å². The number of ether oxygens (including phenoxy) is 3. The molecule has 0 saturated carbocycles. The van der Waals surface area contributed by atoms with Gasteiger partial charge in [0.05, 0.1) is 0 Å². The molecule has 0 saturated heterocycles. The summed E-state index contributed by atoms with van der Waals surface area (Å²) in [5.41, 5.74) is 0. The summed E-state index contributed by atoms with van der Waals surface area (Å²) in [7, 11) is 0. The Balaban J connectivity index is 4.29. The molecule has 6 nitrogen and oxygen atoms in total. The van der Waals surface area contributed by atoms with Gasteiger partial charge in [-0.3, -0.25) is 14.4 Å². The highest BCUT2D eigenvalue weighted by Gasteiger charge is 2.19. The lowest BCUT2D eigenvalue weighted by Crippen LogP contribution is -2.30. The number of carbonyl (C=O) groups is 3. The van der Waals surface area contributed by atoms with Gasteiger partial charge in [-0.2, -0.15) is 0 Å². The van der Waals surface area contributed by atoms with Crippen molar-refractivity contribution < 1.29 is 28.6 Å². The zero-order chi connectivity index (χ0) is 51.1. The predicted octanol–water partition coefficient (Wildman–Crippen LogP) is 21.2. The van der Waals surface area contributed by atoms with E-state index in [9.17, 15) is 14.4 Å². The molecule has 0 aromatic rings. The average Bonchev–Trinajstić information content (AvgIpc) is 3.33. The van der Waals surface area contributed by atoms with Gasteiger partial charge in [-0.25, -0.2) is 0 Å². The van der Waals surface area contributed by atoms with Crippen LogP contribution in [0.15, 0.2) is 0 Å². The Morgan fingerprint density at radius 2 is 0.471 bits per heavy atom. The molecule has 0 fully saturated rings. The summed E-state index contributed by atoms with van der Waals surface area (Å²) in [6.07, 6.45) is 62.4. The first-order valence-electron chi connectivity index (χ1n) is 31.7. The van der Waals surface area contributed by atoms with Gasteiger partial charge in [0.25, 0.3) is 0 Å². The molecule has 0 unspecified atom stereocenters. The Bertz CT molecular complexity index is 1070. The van der Waals surface area contributed by atoms with Crippen LogP contribution in [0.4, 0.5) is 0 Å². The molecule has 0 amide bonds. The first-order valence-corrected chi connectivity index (χ1v) is 31.7. The van der Waals surface area contributed by atoms with Crippen molar-refractivity contribution in [3.63, 3.8) is 0 Å². The predicted molar refractivity (Wildman–Crippen MR) is 303 cm³/mol. The lowest BCUT2D eigenvalue weighted by molar-refractivity contribution is -0.167. The number of carbonyl (C=O) groups excluding carboxylic acids is 3. The second-order valence-electron chi connectivity index (χ2n) is 23.0. The van der Waals surface area contributed by atoms with Crippen molar-refractivity contribution in [3.8, 4) is 0 Å². The monoisotopic (exact) mass is 989 g/mol. The molecule has 0 N–H and O–H groups in total. The van der Waals surface area contributed by atoms with E-state index in [1.165, 1.54) is 250 Å². The molecule has 0 aromatic carbocycles. The average molecular weight is 990 g/mol. The fraction of sp³-hybridized carbons (Fsp3) is 0.953. The lowest BCUT2D eigenvalue weighted by Gasteiger charge is -2.18. The second-order valence-corrected chi connectivity index (χ2v) is 23.0. The van der Waals surface area contributed by atoms with Gasteiger partial charge in [-0.15, -0.1) is 0 Å². The molecule has 0 aromatic heterocycles. The van der Waals surface area contributed by atoms with Crippen LogP contribution < -0.4 is 0 Å². The van der Waals surface area contributed by atoms with Crippen LogP contribution in [0.25, 0.3) is 0 Å². The van der Waals surface area contributed by atoms with Crippen molar-refractivity contribution in [1.82, 2.24) is 0 Å². The van der Waals surface area contributed by atoms with E-state index >= 15 is 0 Å². The number of esters is 3. The van der Waals surface area contributed by atoms with E-state index in [-0.39, 0.29) is 31.1 Å². The van der Waals surface area contributed by atoms with E-state index in [4.69, 9.17) is 14.2 Å². The van der Waals surface area contributed by atoms with E-state index in [0.717, 1.165) is 69.6 Å². The Morgan fingerprint density at radius 1 is 0.271 bits per heavy atom. The Morgan fingerprint density at radius 3 is 0.700 bits per heavy atom. The third-order valence-corrected chi connectivity index (χ3v) is 14.7. The maximum absolute atomic E-state index is 12.9. The minimum absolute atomic E-state index is 0.0619. The Kier molecular flexibility index (Phi) is 55.4. The molecule has 70 heavy (non-hydrogen) atoms. The molecular formula is C64H124O6. The number of hydrogen-bond acceptors (Lipinski definition) is 6. The van der Waals surface area contributed by atoms with E-state index in [1.807, 2.05) is 0 Å². The van der Waals surface area contributed by atoms with Crippen LogP contribution in [-0.2, 0) is 28.6 Å². The molecule has 0 spiro atoms. The largest absolute Gasteiger partial charge is 0.462 e. The standard InChI is InChI=1S/C64H124O6/c1-6-7-8-9-10-11-12-13-14-15-16-17-24-29-34-39-44-49-54-62(65)68-57-61(70-64(67)56-51-46-41-36-31-26-21-19-23-28-33-38-43-48-53-60(4)5)58-69-63(66)55-50-45-40-35-30-25-20-18-22-27-32-37-42-47-52-59(2)3/h59-61H,6-58H2,1-5H3/t61-/m0/s1. The van der Waals surface area contributed by atoms with Crippen LogP contribution in [0.2, 0.25) is 0 Å². The van der Waals surface area contributed by atoms with Crippen LogP contribution in [0, 0.1) is 11.8 Å². The topological polar surface area (TPSA) is 78.9 Å². The summed E-state index contributed by atoms with van der Waals surface area (Å²) in [6.45, 7) is 11.5. The van der Waals surface area contributed by atoms with E-state index in [0.29, 0.717) is 19.3 Å². The second kappa shape index (κ2) is 56.7. The number of hydrogen-bond donors (Lipinski definition) is 0. The van der Waals surface area contributed by atoms with E-state index < -0.39 is 6.10 Å². The van der Waals surface area contributed by atoms with Crippen molar-refractivity contribution in [2.45, 2.75) is 368 Å². The fourth-order valence-electron chi connectivity index (χ4n) is 9.93. The van der Waals surface area contributed by atoms with Gasteiger partial charge in [0.1, 0.15) is 13.2 Å². The van der Waals surface area contributed by atoms with Crippen LogP contribution >= 0.6 is 0 Å². The first-order chi connectivity index (χ1) is 34.2. The highest BCUT2D eigenvalue weighted by molar-refractivity contribution is 5.71. The minimum atomic E-state index is -0.764. The summed E-state index contributed by atoms with van der Waals surface area (Å²) in [5.74, 6) is 0.857. The zero-order valence-electron chi connectivity index (χ0n) is 48.2. The third-order valence-electron chi connectivity index (χ3n) is 14.7. The molecule has 1 atom stereocenters. The van der Waals surface area contributed by atoms with Crippen LogP contribution in [0.3, 0.4) is 0 Å². The molecule has 0 aliphatic carbocycles. The Labute approximate surface area is 438 Å². The van der Waals surface area contributed by atoms with Gasteiger partial charge < -0.3 is 14.2 Å². The molecule has 0 heterocycles. The molecule has 6 heteroatoms. The van der Waals surface area contributed by atoms with Crippen molar-refractivity contribution in [2.24, 2.45) is 11.8 Å². The summed E-state index contributed by atoms with van der Waals surface area (Å²) in [5, 5.41) is 0. The van der Waals surface area contributed by atoms with Gasteiger partial charge in [-0.05, 0) is 31.1 Å². The fourth-order valence-corrected chi connectivity index (χ4v) is 9.93. The quantitative estimate of drug-likeness (QED) is 0.0343. The molecule has 0 bridgehead atoms. The summed E-state index contributed by atoms with van der Waals surface area (Å²) < 4.78 is 17.0. The van der Waals surface area contributed by atoms with Crippen molar-refractivity contribution >= 4 is 17.9 Å². The first kappa shape index (κ1) is 68.4. The lowest BCUT2D eigenvalue weighted by atomic mass is 10.0. The normalized spacial score (nSPS) is 12.0. The maximum Gasteiger partial charge on any atom is 0.306 e. The van der Waals surface area contributed by atoms with Crippen molar-refractivity contribution in [2.75, 3.05) is 13.2 Å². The number of rotatable bonds is 58. The maximum atomic E-state index is 12.9. The Hall–Kier alpha value is -1.59. The van der Waals surface area contributed by atoms with Gasteiger partial charge in [0.15, 0.2) is 6.10 Å². The SMILES string of the molecule is CCCCCCCCCCCCCCCCCCCCC(=O)OC[C@@H](COC(=O)CCCCCCCCCCCCCCCCC(C)C)OC(=O)CCCCCCCCCCCCCCCCC(C)C. The van der Waals surface area contributed by atoms with Gasteiger partial charge in [0, 0.05) is 19.3 Å². The van der Waals surface area contributed by atoms with Crippen LogP contribution in [-0.4, -0.2) is 37.2 Å². The molecule has 0 aliphatic rings. The molecule has 0 rings (SSSR count). The van der Waals surface area contributed by atoms with Gasteiger partial charge in [0.2, 0.25) is 0 Å². The van der Waals surface area contributed by atoms with E-state index in [2.05, 4.69) is 34.6 Å². The van der Waals surface area contributed by atoms with Gasteiger partial charge in [-0.1, -0.05) is 324 Å². The van der Waals surface area contributed by atoms with Crippen molar-refractivity contribution in [3.05, 3.63) is 0 Å². The third kappa shape index (κ3) is 57.3. The number of unbranched alkanes of at least 4 members (excludes halogenated alkanes) is 43. The van der Waals surface area contributed by atoms with Gasteiger partial charge >= 0.3 is 17.9 Å². The van der Waals surface area contributed by atoms with Crippen molar-refractivity contribution in [1.29, 1.82) is 0 Å². The van der Waals surface area contributed by atoms with E-state index in [1.54, 1.807) is 0 Å². The zero-order valence-corrected chi connectivity index (χ0v) is 48.2. The smallest absolute Gasteiger partial charge is 0.306 e. The summed E-state index contributed by atoms with van der Waals surface area (Å²) >= 11 is 0. The molecule has 0 aliphatic heterocycles. The molecular weight excluding hydrogens is 865 g/mol. The highest BCUT2D eigenvalue weighted by Crippen LogP contribution is 2.19. The molecule has 0 radical (unpaired) electrons. The highest BCUT2D eigenvalue weighted by atomic mass is 16.6. The molecule has 416 valence electrons. The summed E-state index contributed by atoms with van der Waals surface area (Å²) in [6, 6.07) is 0.